The lowest BCUT2D eigenvalue weighted by atomic mass is 9.88. The van der Waals surface area contributed by atoms with E-state index in [4.69, 9.17) is 4.74 Å². The van der Waals surface area contributed by atoms with Crippen LogP contribution in [0, 0.1) is 11.8 Å². The molecule has 0 aliphatic heterocycles. The second kappa shape index (κ2) is 6.16. The topological polar surface area (TPSA) is 9.23 Å². The zero-order valence-corrected chi connectivity index (χ0v) is 13.6. The fourth-order valence-electron chi connectivity index (χ4n) is 4.65. The number of rotatable bonds is 6. The maximum atomic E-state index is 6.55. The van der Waals surface area contributed by atoms with E-state index in [0.29, 0.717) is 0 Å². The summed E-state index contributed by atoms with van der Waals surface area (Å²) >= 11 is 0. The molecule has 0 aromatic rings. The van der Waals surface area contributed by atoms with Crippen molar-refractivity contribution in [3.63, 3.8) is 0 Å². The average Bonchev–Trinajstić information content (AvgIpc) is 2.87. The third kappa shape index (κ3) is 5.10. The predicted octanol–water partition coefficient (Wildman–Crippen LogP) is 5.72. The van der Waals surface area contributed by atoms with Crippen LogP contribution in [0.1, 0.15) is 91.9 Å². The smallest absolute Gasteiger partial charge is 0.0636 e. The molecule has 0 N–H and O–H groups in total. The minimum atomic E-state index is 0.0527. The van der Waals surface area contributed by atoms with E-state index >= 15 is 0 Å². The van der Waals surface area contributed by atoms with E-state index in [-0.39, 0.29) is 11.2 Å². The molecule has 19 heavy (non-hydrogen) atoms. The Bertz CT molecular complexity index is 239. The number of ether oxygens (including phenoxy) is 1. The van der Waals surface area contributed by atoms with Gasteiger partial charge in [0.1, 0.15) is 0 Å². The highest BCUT2D eigenvalue weighted by atomic mass is 16.5. The first kappa shape index (κ1) is 15.4. The molecule has 2 rings (SSSR count). The third-order valence-electron chi connectivity index (χ3n) is 5.06. The highest BCUT2D eigenvalue weighted by molar-refractivity contribution is 4.84. The standard InChI is InChI=1S/C18H34O/c1-17(2,13-15-9-5-6-10-15)19-18(3,4)14-16-11-7-8-12-16/h15-16H,5-14H2,1-4H3. The van der Waals surface area contributed by atoms with Crippen LogP contribution in [0.25, 0.3) is 0 Å². The van der Waals surface area contributed by atoms with E-state index in [0.717, 1.165) is 11.8 Å². The Morgan fingerprint density at radius 3 is 1.32 bits per heavy atom. The quantitative estimate of drug-likeness (QED) is 0.597. The van der Waals surface area contributed by atoms with Crippen molar-refractivity contribution in [2.45, 2.75) is 103 Å². The summed E-state index contributed by atoms with van der Waals surface area (Å²) in [5, 5.41) is 0. The third-order valence-corrected chi connectivity index (χ3v) is 5.06. The van der Waals surface area contributed by atoms with Crippen molar-refractivity contribution < 1.29 is 4.74 Å². The monoisotopic (exact) mass is 266 g/mol. The maximum Gasteiger partial charge on any atom is 0.0636 e. The van der Waals surface area contributed by atoms with Crippen LogP contribution in [0.2, 0.25) is 0 Å². The van der Waals surface area contributed by atoms with E-state index in [1.807, 2.05) is 0 Å². The summed E-state index contributed by atoms with van der Waals surface area (Å²) in [6.07, 6.45) is 14.0. The van der Waals surface area contributed by atoms with Crippen LogP contribution in [0.15, 0.2) is 0 Å². The zero-order valence-electron chi connectivity index (χ0n) is 13.6. The Morgan fingerprint density at radius 1 is 0.684 bits per heavy atom. The summed E-state index contributed by atoms with van der Waals surface area (Å²) in [6, 6.07) is 0. The van der Waals surface area contributed by atoms with Gasteiger partial charge in [-0.3, -0.25) is 0 Å². The molecule has 112 valence electrons. The lowest BCUT2D eigenvalue weighted by Gasteiger charge is -2.39. The summed E-state index contributed by atoms with van der Waals surface area (Å²) in [7, 11) is 0. The normalized spacial score (nSPS) is 23.4. The fraction of sp³-hybridized carbons (Fsp3) is 1.00. The second-order valence-corrected chi connectivity index (χ2v) is 8.33. The van der Waals surface area contributed by atoms with Crippen LogP contribution >= 0.6 is 0 Å². The molecule has 0 amide bonds. The van der Waals surface area contributed by atoms with Crippen molar-refractivity contribution in [1.29, 1.82) is 0 Å². The summed E-state index contributed by atoms with van der Waals surface area (Å²) < 4.78 is 6.55. The molecular weight excluding hydrogens is 232 g/mol. The van der Waals surface area contributed by atoms with Gasteiger partial charge in [0.05, 0.1) is 11.2 Å². The highest BCUT2D eigenvalue weighted by Crippen LogP contribution is 2.38. The van der Waals surface area contributed by atoms with Gasteiger partial charge in [0, 0.05) is 0 Å². The number of hydrogen-bond acceptors (Lipinski definition) is 1. The van der Waals surface area contributed by atoms with Gasteiger partial charge in [-0.05, 0) is 52.4 Å². The van der Waals surface area contributed by atoms with Crippen LogP contribution in [-0.2, 0) is 4.74 Å². The lowest BCUT2D eigenvalue weighted by molar-refractivity contribution is -0.139. The average molecular weight is 266 g/mol. The maximum absolute atomic E-state index is 6.55. The second-order valence-electron chi connectivity index (χ2n) is 8.33. The molecule has 2 aliphatic rings. The first-order valence-corrected chi connectivity index (χ1v) is 8.56. The summed E-state index contributed by atoms with van der Waals surface area (Å²) in [4.78, 5) is 0. The van der Waals surface area contributed by atoms with E-state index in [1.54, 1.807) is 0 Å². The molecule has 2 fully saturated rings. The Balaban J connectivity index is 1.81. The van der Waals surface area contributed by atoms with Crippen LogP contribution in [0.5, 0.6) is 0 Å². The van der Waals surface area contributed by atoms with E-state index in [1.165, 1.54) is 64.2 Å². The Hall–Kier alpha value is -0.0400. The molecule has 0 spiro atoms. The molecule has 0 aromatic heterocycles. The van der Waals surface area contributed by atoms with Gasteiger partial charge in [0.2, 0.25) is 0 Å². The Morgan fingerprint density at radius 2 is 1.00 bits per heavy atom. The molecule has 1 heteroatoms. The first-order valence-electron chi connectivity index (χ1n) is 8.56. The van der Waals surface area contributed by atoms with Crippen LogP contribution < -0.4 is 0 Å². The molecule has 0 saturated heterocycles. The van der Waals surface area contributed by atoms with E-state index in [2.05, 4.69) is 27.7 Å². The van der Waals surface area contributed by atoms with Gasteiger partial charge in [-0.1, -0.05) is 51.4 Å². The van der Waals surface area contributed by atoms with Crippen LogP contribution in [0.4, 0.5) is 0 Å². The minimum Gasteiger partial charge on any atom is -0.370 e. The van der Waals surface area contributed by atoms with Gasteiger partial charge >= 0.3 is 0 Å². The van der Waals surface area contributed by atoms with Crippen LogP contribution in [0.3, 0.4) is 0 Å². The first-order chi connectivity index (χ1) is 8.86. The molecule has 0 atom stereocenters. The predicted molar refractivity (Wildman–Crippen MR) is 82.4 cm³/mol. The van der Waals surface area contributed by atoms with Crippen molar-refractivity contribution in [1.82, 2.24) is 0 Å². The summed E-state index contributed by atoms with van der Waals surface area (Å²) in [5.74, 6) is 1.83. The number of hydrogen-bond donors (Lipinski definition) is 0. The van der Waals surface area contributed by atoms with Gasteiger partial charge in [-0.25, -0.2) is 0 Å². The molecule has 1 nitrogen and oxygen atoms in total. The molecule has 0 aromatic carbocycles. The van der Waals surface area contributed by atoms with Gasteiger partial charge < -0.3 is 4.74 Å². The molecule has 0 radical (unpaired) electrons. The largest absolute Gasteiger partial charge is 0.370 e. The van der Waals surface area contributed by atoms with Crippen molar-refractivity contribution in [2.75, 3.05) is 0 Å². The molecular formula is C18H34O. The summed E-state index contributed by atoms with van der Waals surface area (Å²) in [5.41, 5.74) is 0.105. The molecule has 0 unspecified atom stereocenters. The van der Waals surface area contributed by atoms with Gasteiger partial charge in [-0.15, -0.1) is 0 Å². The summed E-state index contributed by atoms with van der Waals surface area (Å²) in [6.45, 7) is 9.23. The highest BCUT2D eigenvalue weighted by Gasteiger charge is 2.34. The van der Waals surface area contributed by atoms with Crippen molar-refractivity contribution in [2.24, 2.45) is 11.8 Å². The molecule has 2 saturated carbocycles. The van der Waals surface area contributed by atoms with E-state index < -0.39 is 0 Å². The fourth-order valence-corrected chi connectivity index (χ4v) is 4.65. The zero-order chi connectivity index (χ0) is 13.9. The van der Waals surface area contributed by atoms with Gasteiger partial charge in [0.25, 0.3) is 0 Å². The minimum absolute atomic E-state index is 0.0527. The molecule has 0 heterocycles. The van der Waals surface area contributed by atoms with E-state index in [9.17, 15) is 0 Å². The Labute approximate surface area is 120 Å². The van der Waals surface area contributed by atoms with Crippen molar-refractivity contribution >= 4 is 0 Å². The van der Waals surface area contributed by atoms with Gasteiger partial charge in [0.15, 0.2) is 0 Å². The van der Waals surface area contributed by atoms with Crippen LogP contribution in [-0.4, -0.2) is 11.2 Å². The lowest BCUT2D eigenvalue weighted by Crippen LogP contribution is -2.39. The molecule has 2 aliphatic carbocycles. The van der Waals surface area contributed by atoms with Crippen molar-refractivity contribution in [3.8, 4) is 0 Å². The van der Waals surface area contributed by atoms with Gasteiger partial charge in [-0.2, -0.15) is 0 Å². The van der Waals surface area contributed by atoms with Crippen molar-refractivity contribution in [3.05, 3.63) is 0 Å². The SMILES string of the molecule is CC(C)(CC1CCCC1)OC(C)(C)CC1CCCC1. The Kier molecular flexibility index (Phi) is 4.98. The molecule has 0 bridgehead atoms.